The van der Waals surface area contributed by atoms with Gasteiger partial charge in [0.1, 0.15) is 5.82 Å². The summed E-state index contributed by atoms with van der Waals surface area (Å²) in [6.45, 7) is 0. The number of alkyl halides is 1. The maximum absolute atomic E-state index is 11.3. The molecule has 82 valence electrons. The van der Waals surface area contributed by atoms with Crippen molar-refractivity contribution in [3.63, 3.8) is 0 Å². The van der Waals surface area contributed by atoms with E-state index in [-0.39, 0.29) is 11.4 Å². The Bertz CT molecular complexity index is 524. The first kappa shape index (κ1) is 10.8. The van der Waals surface area contributed by atoms with Crippen LogP contribution in [0.15, 0.2) is 35.4 Å². The molecule has 2 aromatic heterocycles. The molecule has 0 saturated carbocycles. The van der Waals surface area contributed by atoms with Crippen LogP contribution in [0.3, 0.4) is 0 Å². The fourth-order valence-corrected chi connectivity index (χ4v) is 1.55. The molecule has 0 aliphatic heterocycles. The molecule has 2 heterocycles. The van der Waals surface area contributed by atoms with Gasteiger partial charge in [0, 0.05) is 24.9 Å². The zero-order valence-corrected chi connectivity index (χ0v) is 9.24. The Morgan fingerprint density at radius 3 is 2.75 bits per heavy atom. The fraction of sp³-hybridized carbons (Fsp3) is 0.182. The van der Waals surface area contributed by atoms with E-state index in [0.29, 0.717) is 17.9 Å². The zero-order chi connectivity index (χ0) is 11.4. The van der Waals surface area contributed by atoms with Crippen LogP contribution in [0.5, 0.6) is 0 Å². The highest BCUT2D eigenvalue weighted by atomic mass is 35.5. The topological polar surface area (TPSA) is 58.6 Å². The summed E-state index contributed by atoms with van der Waals surface area (Å²) in [6, 6.07) is 5.17. The average molecular weight is 236 g/mol. The summed E-state index contributed by atoms with van der Waals surface area (Å²) in [4.78, 5) is 22.1. The van der Waals surface area contributed by atoms with Crippen molar-refractivity contribution in [2.75, 3.05) is 0 Å². The highest BCUT2D eigenvalue weighted by Gasteiger charge is 2.01. The molecular formula is C11H10ClN3O. The van der Waals surface area contributed by atoms with Crippen molar-refractivity contribution >= 4 is 11.6 Å². The van der Waals surface area contributed by atoms with Crippen LogP contribution in [0, 0.1) is 0 Å². The lowest BCUT2D eigenvalue weighted by molar-refractivity contribution is 0.913. The Morgan fingerprint density at radius 2 is 2.06 bits per heavy atom. The summed E-state index contributed by atoms with van der Waals surface area (Å²) in [5.74, 6) is 0.863. The highest BCUT2D eigenvalue weighted by molar-refractivity contribution is 6.16. The number of nitrogens with zero attached hydrogens (tertiary/aromatic N) is 2. The molecule has 4 nitrogen and oxygen atoms in total. The zero-order valence-electron chi connectivity index (χ0n) is 8.48. The second-order valence-electron chi connectivity index (χ2n) is 3.35. The van der Waals surface area contributed by atoms with Gasteiger partial charge in [-0.1, -0.05) is 0 Å². The molecule has 0 bridgehead atoms. The predicted molar refractivity (Wildman–Crippen MR) is 61.5 cm³/mol. The van der Waals surface area contributed by atoms with Crippen LogP contribution in [-0.2, 0) is 12.3 Å². The minimum Gasteiger partial charge on any atom is -0.310 e. The summed E-state index contributed by atoms with van der Waals surface area (Å²) in [7, 11) is 0. The predicted octanol–water partition coefficient (Wildman–Crippen LogP) is 1.49. The third kappa shape index (κ3) is 2.67. The van der Waals surface area contributed by atoms with Crippen LogP contribution >= 0.6 is 11.6 Å². The largest absolute Gasteiger partial charge is 0.310 e. The number of halogens is 1. The van der Waals surface area contributed by atoms with E-state index in [4.69, 9.17) is 11.6 Å². The number of hydrogen-bond donors (Lipinski definition) is 1. The highest BCUT2D eigenvalue weighted by Crippen LogP contribution is 2.04. The van der Waals surface area contributed by atoms with Crippen LogP contribution in [-0.4, -0.2) is 15.0 Å². The second kappa shape index (κ2) is 4.90. The van der Waals surface area contributed by atoms with Crippen molar-refractivity contribution < 1.29 is 0 Å². The van der Waals surface area contributed by atoms with Crippen molar-refractivity contribution in [1.29, 1.82) is 0 Å². The molecule has 0 saturated heterocycles. The van der Waals surface area contributed by atoms with Gasteiger partial charge in [-0.3, -0.25) is 9.78 Å². The number of hydrogen-bond acceptors (Lipinski definition) is 3. The number of nitrogens with one attached hydrogen (secondary N) is 1. The molecular weight excluding hydrogens is 226 g/mol. The number of aromatic amines is 1. The van der Waals surface area contributed by atoms with E-state index >= 15 is 0 Å². The first-order valence-corrected chi connectivity index (χ1v) is 5.35. The molecule has 2 aromatic rings. The van der Waals surface area contributed by atoms with Gasteiger partial charge in [0.15, 0.2) is 0 Å². The smallest absolute Gasteiger partial charge is 0.251 e. The normalized spacial score (nSPS) is 10.3. The minimum absolute atomic E-state index is 0.172. The van der Waals surface area contributed by atoms with Crippen molar-refractivity contribution in [3.05, 3.63) is 58.0 Å². The van der Waals surface area contributed by atoms with E-state index in [1.807, 2.05) is 12.1 Å². The van der Waals surface area contributed by atoms with E-state index in [2.05, 4.69) is 15.0 Å². The van der Waals surface area contributed by atoms with E-state index in [0.717, 1.165) is 5.56 Å². The lowest BCUT2D eigenvalue weighted by Gasteiger charge is -2.02. The summed E-state index contributed by atoms with van der Waals surface area (Å²) in [5.41, 5.74) is 1.47. The molecule has 0 unspecified atom stereocenters. The van der Waals surface area contributed by atoms with Gasteiger partial charge in [-0.15, -0.1) is 11.6 Å². The molecule has 5 heteroatoms. The minimum atomic E-state index is -0.172. The lowest BCUT2D eigenvalue weighted by atomic mass is 10.2. The Labute approximate surface area is 97.3 Å². The van der Waals surface area contributed by atoms with Crippen LogP contribution < -0.4 is 5.56 Å². The van der Waals surface area contributed by atoms with E-state index in [1.54, 1.807) is 12.4 Å². The molecule has 0 fully saturated rings. The van der Waals surface area contributed by atoms with Crippen LogP contribution in [0.1, 0.15) is 17.1 Å². The van der Waals surface area contributed by atoms with Crippen LogP contribution in [0.25, 0.3) is 0 Å². The summed E-state index contributed by atoms with van der Waals surface area (Å²) in [5, 5.41) is 0. The Morgan fingerprint density at radius 1 is 1.31 bits per heavy atom. The standard InChI is InChI=1S/C11H10ClN3O/c12-7-9-6-11(16)15-10(14-9)5-8-1-3-13-4-2-8/h1-4,6H,5,7H2,(H,14,15,16). The van der Waals surface area contributed by atoms with Gasteiger partial charge in [-0.05, 0) is 17.7 Å². The summed E-state index contributed by atoms with van der Waals surface area (Å²) < 4.78 is 0. The maximum atomic E-state index is 11.3. The summed E-state index contributed by atoms with van der Waals surface area (Å²) >= 11 is 5.65. The number of H-pyrrole nitrogens is 1. The third-order valence-corrected chi connectivity index (χ3v) is 2.38. The van der Waals surface area contributed by atoms with Crippen molar-refractivity contribution in [2.24, 2.45) is 0 Å². The molecule has 0 radical (unpaired) electrons. The SMILES string of the molecule is O=c1cc(CCl)nc(Cc2ccncc2)[nH]1. The van der Waals surface area contributed by atoms with Crippen LogP contribution in [0.4, 0.5) is 0 Å². The quantitative estimate of drug-likeness (QED) is 0.821. The molecule has 1 N–H and O–H groups in total. The van der Waals surface area contributed by atoms with Crippen molar-refractivity contribution in [1.82, 2.24) is 15.0 Å². The molecule has 16 heavy (non-hydrogen) atoms. The lowest BCUT2D eigenvalue weighted by Crippen LogP contribution is -2.12. The molecule has 0 aliphatic rings. The average Bonchev–Trinajstić information content (AvgIpc) is 2.29. The monoisotopic (exact) mass is 235 g/mol. The van der Waals surface area contributed by atoms with Gasteiger partial charge in [0.05, 0.1) is 11.6 Å². The number of aromatic nitrogens is 3. The molecule has 0 atom stereocenters. The second-order valence-corrected chi connectivity index (χ2v) is 3.62. The van der Waals surface area contributed by atoms with Gasteiger partial charge >= 0.3 is 0 Å². The van der Waals surface area contributed by atoms with E-state index in [9.17, 15) is 4.79 Å². The third-order valence-electron chi connectivity index (χ3n) is 2.10. The molecule has 0 spiro atoms. The molecule has 0 aromatic carbocycles. The first-order valence-electron chi connectivity index (χ1n) is 4.82. The van der Waals surface area contributed by atoms with E-state index in [1.165, 1.54) is 6.07 Å². The Kier molecular flexibility index (Phi) is 3.31. The van der Waals surface area contributed by atoms with Gasteiger partial charge in [-0.2, -0.15) is 0 Å². The molecule has 0 amide bonds. The van der Waals surface area contributed by atoms with E-state index < -0.39 is 0 Å². The Hall–Kier alpha value is -1.68. The maximum Gasteiger partial charge on any atom is 0.251 e. The van der Waals surface area contributed by atoms with Gasteiger partial charge in [-0.25, -0.2) is 4.98 Å². The number of pyridine rings is 1. The van der Waals surface area contributed by atoms with Crippen molar-refractivity contribution in [2.45, 2.75) is 12.3 Å². The number of rotatable bonds is 3. The van der Waals surface area contributed by atoms with Gasteiger partial charge < -0.3 is 4.98 Å². The fourth-order valence-electron chi connectivity index (χ4n) is 1.41. The summed E-state index contributed by atoms with van der Waals surface area (Å²) in [6.07, 6.45) is 3.99. The van der Waals surface area contributed by atoms with Gasteiger partial charge in [0.2, 0.25) is 0 Å². The Balaban J connectivity index is 2.28. The molecule has 2 rings (SSSR count). The van der Waals surface area contributed by atoms with Crippen molar-refractivity contribution in [3.8, 4) is 0 Å². The first-order chi connectivity index (χ1) is 7.78. The molecule has 0 aliphatic carbocycles. The van der Waals surface area contributed by atoms with Gasteiger partial charge in [0.25, 0.3) is 5.56 Å². The van der Waals surface area contributed by atoms with Crippen LogP contribution in [0.2, 0.25) is 0 Å².